The van der Waals surface area contributed by atoms with Gasteiger partial charge >= 0.3 is 0 Å². The fourth-order valence-corrected chi connectivity index (χ4v) is 2.60. The summed E-state index contributed by atoms with van der Waals surface area (Å²) in [5.41, 5.74) is 6.16. The normalized spacial score (nSPS) is 16.8. The topological polar surface area (TPSA) is 62.3 Å². The molecular weight excluding hydrogens is 269 g/mol. The van der Waals surface area contributed by atoms with Crippen molar-refractivity contribution < 1.29 is 9.13 Å². The van der Waals surface area contributed by atoms with Crippen LogP contribution in [0.15, 0.2) is 18.2 Å². The van der Waals surface area contributed by atoms with E-state index in [0.29, 0.717) is 24.8 Å². The number of halogens is 1. The largest absolute Gasteiger partial charge is 0.378 e. The molecule has 0 spiro atoms. The Kier molecular flexibility index (Phi) is 6.12. The van der Waals surface area contributed by atoms with Gasteiger partial charge in [-0.3, -0.25) is 4.90 Å². The van der Waals surface area contributed by atoms with E-state index in [-0.39, 0.29) is 11.4 Å². The standard InChI is InChI=1S/C16H22FN3O/c17-16-13(11-19)3-1-4-14(16)12-20-8-5-15(6-9-20)21-10-2-7-18/h1,3-4,15H,2,5-10,12,18H2. The second-order valence-corrected chi connectivity index (χ2v) is 5.38. The van der Waals surface area contributed by atoms with Crippen molar-refractivity contribution in [1.29, 1.82) is 5.26 Å². The Morgan fingerprint density at radius 2 is 2.14 bits per heavy atom. The average Bonchev–Trinajstić information content (AvgIpc) is 2.51. The zero-order valence-electron chi connectivity index (χ0n) is 12.2. The quantitative estimate of drug-likeness (QED) is 0.815. The molecule has 0 aromatic heterocycles. The highest BCUT2D eigenvalue weighted by Crippen LogP contribution is 2.19. The van der Waals surface area contributed by atoms with Crippen LogP contribution in [0.1, 0.15) is 30.4 Å². The van der Waals surface area contributed by atoms with Gasteiger partial charge < -0.3 is 10.5 Å². The molecule has 1 heterocycles. The summed E-state index contributed by atoms with van der Waals surface area (Å²) in [6.07, 6.45) is 3.11. The van der Waals surface area contributed by atoms with Crippen molar-refractivity contribution in [2.75, 3.05) is 26.2 Å². The van der Waals surface area contributed by atoms with Crippen molar-refractivity contribution >= 4 is 0 Å². The lowest BCUT2D eigenvalue weighted by molar-refractivity contribution is 0.00546. The lowest BCUT2D eigenvalue weighted by Crippen LogP contribution is -2.37. The second-order valence-electron chi connectivity index (χ2n) is 5.38. The van der Waals surface area contributed by atoms with Crippen molar-refractivity contribution in [2.45, 2.75) is 31.9 Å². The number of likely N-dealkylation sites (tertiary alicyclic amines) is 1. The van der Waals surface area contributed by atoms with Gasteiger partial charge in [0.15, 0.2) is 0 Å². The van der Waals surface area contributed by atoms with E-state index in [2.05, 4.69) is 4.90 Å². The number of benzene rings is 1. The van der Waals surface area contributed by atoms with Crippen LogP contribution >= 0.6 is 0 Å². The van der Waals surface area contributed by atoms with E-state index in [1.165, 1.54) is 6.07 Å². The summed E-state index contributed by atoms with van der Waals surface area (Å²) in [6, 6.07) is 6.88. The molecule has 0 amide bonds. The van der Waals surface area contributed by atoms with E-state index in [9.17, 15) is 4.39 Å². The van der Waals surface area contributed by atoms with E-state index in [1.807, 2.05) is 6.07 Å². The molecule has 1 aliphatic heterocycles. The maximum absolute atomic E-state index is 14.0. The predicted molar refractivity (Wildman–Crippen MR) is 79.0 cm³/mol. The zero-order valence-corrected chi connectivity index (χ0v) is 12.2. The summed E-state index contributed by atoms with van der Waals surface area (Å²) in [6.45, 7) is 3.72. The molecule has 0 unspecified atom stereocenters. The molecule has 0 atom stereocenters. The van der Waals surface area contributed by atoms with E-state index in [4.69, 9.17) is 15.7 Å². The molecule has 21 heavy (non-hydrogen) atoms. The first-order valence-electron chi connectivity index (χ1n) is 7.46. The SMILES string of the molecule is N#Cc1cccc(CN2CCC(OCCCN)CC2)c1F. The van der Waals surface area contributed by atoms with Crippen LogP contribution < -0.4 is 5.73 Å². The van der Waals surface area contributed by atoms with Gasteiger partial charge in [0.1, 0.15) is 11.9 Å². The van der Waals surface area contributed by atoms with Crippen molar-refractivity contribution in [1.82, 2.24) is 4.90 Å². The minimum Gasteiger partial charge on any atom is -0.378 e. The smallest absolute Gasteiger partial charge is 0.145 e. The summed E-state index contributed by atoms with van der Waals surface area (Å²) in [5.74, 6) is -0.388. The first-order valence-corrected chi connectivity index (χ1v) is 7.46. The third kappa shape index (κ3) is 4.50. The van der Waals surface area contributed by atoms with Crippen LogP contribution in [0, 0.1) is 17.1 Å². The first-order chi connectivity index (χ1) is 10.2. The minimum atomic E-state index is -0.388. The summed E-state index contributed by atoms with van der Waals surface area (Å²) in [5, 5.41) is 8.86. The molecule has 0 radical (unpaired) electrons. The van der Waals surface area contributed by atoms with Crippen LogP contribution in [0.5, 0.6) is 0 Å². The van der Waals surface area contributed by atoms with Crippen LogP contribution in [0.3, 0.4) is 0 Å². The molecule has 1 aromatic rings. The molecule has 1 aromatic carbocycles. The molecule has 1 fully saturated rings. The fraction of sp³-hybridized carbons (Fsp3) is 0.562. The lowest BCUT2D eigenvalue weighted by atomic mass is 10.1. The lowest BCUT2D eigenvalue weighted by Gasteiger charge is -2.32. The number of nitrogens with two attached hydrogens (primary N) is 1. The average molecular weight is 291 g/mol. The molecule has 4 nitrogen and oxygen atoms in total. The molecular formula is C16H22FN3O. The van der Waals surface area contributed by atoms with Crippen LogP contribution in [0.2, 0.25) is 0 Å². The summed E-state index contributed by atoms with van der Waals surface area (Å²) in [4.78, 5) is 2.21. The van der Waals surface area contributed by atoms with Gasteiger partial charge in [-0.05, 0) is 31.9 Å². The monoisotopic (exact) mass is 291 g/mol. The zero-order chi connectivity index (χ0) is 15.1. The Bertz CT molecular complexity index is 493. The Morgan fingerprint density at radius 1 is 1.38 bits per heavy atom. The number of nitriles is 1. The van der Waals surface area contributed by atoms with E-state index < -0.39 is 0 Å². The molecule has 0 bridgehead atoms. The van der Waals surface area contributed by atoms with Crippen molar-refractivity contribution in [3.05, 3.63) is 35.1 Å². The van der Waals surface area contributed by atoms with Gasteiger partial charge in [-0.15, -0.1) is 0 Å². The Hall–Kier alpha value is -1.48. The Labute approximate surface area is 125 Å². The van der Waals surface area contributed by atoms with E-state index >= 15 is 0 Å². The Balaban J connectivity index is 1.83. The van der Waals surface area contributed by atoms with Crippen LogP contribution in [-0.2, 0) is 11.3 Å². The number of rotatable bonds is 6. The van der Waals surface area contributed by atoms with Crippen molar-refractivity contribution in [3.63, 3.8) is 0 Å². The van der Waals surface area contributed by atoms with Crippen LogP contribution in [-0.4, -0.2) is 37.2 Å². The van der Waals surface area contributed by atoms with Crippen LogP contribution in [0.4, 0.5) is 4.39 Å². The maximum Gasteiger partial charge on any atom is 0.145 e. The molecule has 2 rings (SSSR count). The van der Waals surface area contributed by atoms with Gasteiger partial charge in [0.2, 0.25) is 0 Å². The number of nitrogens with zero attached hydrogens (tertiary/aromatic N) is 2. The van der Waals surface area contributed by atoms with Gasteiger partial charge in [0.05, 0.1) is 11.7 Å². The molecule has 2 N–H and O–H groups in total. The molecule has 1 saturated heterocycles. The van der Waals surface area contributed by atoms with E-state index in [0.717, 1.165) is 39.0 Å². The number of hydrogen-bond donors (Lipinski definition) is 1. The number of ether oxygens (including phenoxy) is 1. The van der Waals surface area contributed by atoms with Gasteiger partial charge in [0, 0.05) is 31.8 Å². The molecule has 1 aliphatic rings. The predicted octanol–water partition coefficient (Wildman–Crippen LogP) is 2.03. The third-order valence-electron chi connectivity index (χ3n) is 3.83. The van der Waals surface area contributed by atoms with Gasteiger partial charge in [-0.25, -0.2) is 4.39 Å². The van der Waals surface area contributed by atoms with Crippen molar-refractivity contribution in [3.8, 4) is 6.07 Å². The molecule has 0 saturated carbocycles. The third-order valence-corrected chi connectivity index (χ3v) is 3.83. The first kappa shape index (κ1) is 15.9. The highest BCUT2D eigenvalue weighted by molar-refractivity contribution is 5.34. The summed E-state index contributed by atoms with van der Waals surface area (Å²) in [7, 11) is 0. The maximum atomic E-state index is 14.0. The number of hydrogen-bond acceptors (Lipinski definition) is 4. The van der Waals surface area contributed by atoms with Gasteiger partial charge in [-0.1, -0.05) is 12.1 Å². The summed E-state index contributed by atoms with van der Waals surface area (Å²) >= 11 is 0. The molecule has 0 aliphatic carbocycles. The Morgan fingerprint density at radius 3 is 2.81 bits per heavy atom. The molecule has 5 heteroatoms. The fourth-order valence-electron chi connectivity index (χ4n) is 2.60. The minimum absolute atomic E-state index is 0.118. The highest BCUT2D eigenvalue weighted by Gasteiger charge is 2.20. The van der Waals surface area contributed by atoms with Gasteiger partial charge in [0.25, 0.3) is 0 Å². The van der Waals surface area contributed by atoms with Crippen LogP contribution in [0.25, 0.3) is 0 Å². The van der Waals surface area contributed by atoms with Crippen molar-refractivity contribution in [2.24, 2.45) is 5.73 Å². The van der Waals surface area contributed by atoms with Gasteiger partial charge in [-0.2, -0.15) is 5.26 Å². The number of piperidine rings is 1. The summed E-state index contributed by atoms with van der Waals surface area (Å²) < 4.78 is 19.8. The molecule has 114 valence electrons. The van der Waals surface area contributed by atoms with E-state index in [1.54, 1.807) is 12.1 Å². The second kappa shape index (κ2) is 8.08. The highest BCUT2D eigenvalue weighted by atomic mass is 19.1.